The first-order chi connectivity index (χ1) is 18.7. The van der Waals surface area contributed by atoms with Crippen molar-refractivity contribution < 1.29 is 23.7 Å². The molecular formula is C32H39NO6. The Morgan fingerprint density at radius 1 is 1.13 bits per heavy atom. The number of hydrogen-bond acceptors (Lipinski definition) is 7. The molecule has 0 bridgehead atoms. The van der Waals surface area contributed by atoms with E-state index in [1.807, 2.05) is 39.8 Å². The third-order valence-electron chi connectivity index (χ3n) is 7.52. The van der Waals surface area contributed by atoms with Crippen LogP contribution in [0.5, 0.6) is 23.0 Å². The number of aromatic hydroxyl groups is 1. The van der Waals surface area contributed by atoms with Gasteiger partial charge in [-0.2, -0.15) is 0 Å². The molecule has 1 saturated heterocycles. The summed E-state index contributed by atoms with van der Waals surface area (Å²) < 4.78 is 24.4. The van der Waals surface area contributed by atoms with Gasteiger partial charge in [0, 0.05) is 17.7 Å². The highest BCUT2D eigenvalue weighted by molar-refractivity contribution is 5.99. The van der Waals surface area contributed by atoms with Crippen LogP contribution >= 0.6 is 0 Å². The summed E-state index contributed by atoms with van der Waals surface area (Å²) >= 11 is 0. The Morgan fingerprint density at radius 3 is 2.59 bits per heavy atom. The van der Waals surface area contributed by atoms with Crippen molar-refractivity contribution in [2.45, 2.75) is 65.4 Å². The van der Waals surface area contributed by atoms with E-state index in [4.69, 9.17) is 18.6 Å². The third kappa shape index (κ3) is 5.50. The van der Waals surface area contributed by atoms with Crippen LogP contribution < -0.4 is 19.6 Å². The van der Waals surface area contributed by atoms with Crippen LogP contribution in [0, 0.1) is 0 Å². The van der Waals surface area contributed by atoms with Crippen molar-refractivity contribution >= 4 is 28.0 Å². The van der Waals surface area contributed by atoms with Gasteiger partial charge >= 0.3 is 0 Å². The number of fused-ring (bicyclic) bond motifs is 3. The summed E-state index contributed by atoms with van der Waals surface area (Å²) in [7, 11) is 1.59. The summed E-state index contributed by atoms with van der Waals surface area (Å²) in [5.74, 6) is 1.40. The van der Waals surface area contributed by atoms with Gasteiger partial charge < -0.3 is 28.6 Å². The second-order valence-electron chi connectivity index (χ2n) is 11.3. The molecule has 1 aromatic heterocycles. The fraction of sp³-hybridized carbons (Fsp3) is 0.469. The van der Waals surface area contributed by atoms with Crippen LogP contribution in [0.3, 0.4) is 0 Å². The number of nitrogens with zero attached hydrogens (tertiary/aromatic N) is 1. The molecule has 7 nitrogen and oxygen atoms in total. The fourth-order valence-electron chi connectivity index (χ4n) is 5.48. The lowest BCUT2D eigenvalue weighted by Gasteiger charge is -2.28. The SMILES string of the molecule is COc1c(OCCCCN2CCCC2)cc2oc3cc4c(c(O)c3c(=O)c2c1CC=C(C)C)C=CC(C)(C)O4. The molecule has 2 aliphatic heterocycles. The Kier molecular flexibility index (Phi) is 7.63. The van der Waals surface area contributed by atoms with Crippen LogP contribution in [0.15, 0.2) is 39.1 Å². The van der Waals surface area contributed by atoms with E-state index in [0.717, 1.165) is 25.0 Å². The van der Waals surface area contributed by atoms with Gasteiger partial charge in [0.15, 0.2) is 11.5 Å². The second-order valence-corrected chi connectivity index (χ2v) is 11.3. The topological polar surface area (TPSA) is 81.4 Å². The van der Waals surface area contributed by atoms with Crippen molar-refractivity contribution in [3.05, 3.63) is 51.2 Å². The first-order valence-electron chi connectivity index (χ1n) is 13.9. The van der Waals surface area contributed by atoms with Gasteiger partial charge in [-0.3, -0.25) is 4.79 Å². The predicted octanol–water partition coefficient (Wildman–Crippen LogP) is 6.61. The smallest absolute Gasteiger partial charge is 0.204 e. The number of phenols is 1. The third-order valence-corrected chi connectivity index (χ3v) is 7.52. The van der Waals surface area contributed by atoms with Gasteiger partial charge in [-0.15, -0.1) is 0 Å². The molecule has 2 aliphatic rings. The van der Waals surface area contributed by atoms with Gasteiger partial charge in [-0.25, -0.2) is 0 Å². The lowest BCUT2D eigenvalue weighted by Crippen LogP contribution is -2.27. The largest absolute Gasteiger partial charge is 0.506 e. The number of likely N-dealkylation sites (tertiary alicyclic amines) is 1. The maximum Gasteiger partial charge on any atom is 0.204 e. The van der Waals surface area contributed by atoms with Gasteiger partial charge in [0.25, 0.3) is 0 Å². The van der Waals surface area contributed by atoms with Gasteiger partial charge in [0.05, 0.1) is 24.7 Å². The van der Waals surface area contributed by atoms with Crippen LogP contribution in [0.2, 0.25) is 0 Å². The van der Waals surface area contributed by atoms with Gasteiger partial charge in [-0.1, -0.05) is 11.6 Å². The van der Waals surface area contributed by atoms with Crippen molar-refractivity contribution in [2.24, 2.45) is 0 Å². The van der Waals surface area contributed by atoms with Crippen molar-refractivity contribution in [1.82, 2.24) is 4.90 Å². The normalized spacial score (nSPS) is 16.3. The molecule has 0 atom stereocenters. The van der Waals surface area contributed by atoms with E-state index in [1.54, 1.807) is 25.3 Å². The van der Waals surface area contributed by atoms with E-state index in [-0.39, 0.29) is 22.1 Å². The molecule has 0 unspecified atom stereocenters. The summed E-state index contributed by atoms with van der Waals surface area (Å²) in [6.07, 6.45) is 10.7. The van der Waals surface area contributed by atoms with E-state index in [9.17, 15) is 9.90 Å². The first kappa shape index (κ1) is 27.1. The molecule has 5 rings (SSSR count). The average molecular weight is 534 g/mol. The van der Waals surface area contributed by atoms with Crippen molar-refractivity contribution in [3.8, 4) is 23.0 Å². The number of benzene rings is 2. The highest BCUT2D eigenvalue weighted by atomic mass is 16.5. The van der Waals surface area contributed by atoms with Gasteiger partial charge in [0.1, 0.15) is 33.7 Å². The highest BCUT2D eigenvalue weighted by Gasteiger charge is 2.28. The molecule has 3 aromatic rings. The van der Waals surface area contributed by atoms with E-state index in [1.165, 1.54) is 25.9 Å². The van der Waals surface area contributed by atoms with E-state index < -0.39 is 5.60 Å². The summed E-state index contributed by atoms with van der Waals surface area (Å²) in [6.45, 7) is 11.9. The standard InChI is InChI=1S/C32H39NO6/c1-20(2)10-11-22-27-24(19-26(31(22)36-5)37-17-9-8-16-33-14-6-7-15-33)38-25-18-23-21(12-13-32(3,4)39-23)29(34)28(25)30(27)35/h10,12-13,18-19,34H,6-9,11,14-17H2,1-5H3. The molecule has 7 heteroatoms. The minimum Gasteiger partial charge on any atom is -0.506 e. The zero-order valence-electron chi connectivity index (χ0n) is 23.7. The van der Waals surface area contributed by atoms with E-state index >= 15 is 0 Å². The van der Waals surface area contributed by atoms with E-state index in [2.05, 4.69) is 4.90 Å². The first-order valence-corrected chi connectivity index (χ1v) is 13.9. The molecule has 1 N–H and O–H groups in total. The van der Waals surface area contributed by atoms with Crippen molar-refractivity contribution in [3.63, 3.8) is 0 Å². The maximum absolute atomic E-state index is 14.0. The maximum atomic E-state index is 14.0. The number of rotatable bonds is 9. The van der Waals surface area contributed by atoms with Crippen LogP contribution in [0.4, 0.5) is 0 Å². The number of unbranched alkanes of at least 4 members (excludes halogenated alkanes) is 1. The van der Waals surface area contributed by atoms with Crippen LogP contribution in [0.1, 0.15) is 64.5 Å². The van der Waals surface area contributed by atoms with Gasteiger partial charge in [0.2, 0.25) is 5.43 Å². The lowest BCUT2D eigenvalue weighted by molar-refractivity contribution is 0.158. The molecule has 0 aliphatic carbocycles. The highest BCUT2D eigenvalue weighted by Crippen LogP contribution is 2.43. The number of phenolic OH excluding ortho intramolecular Hbond substituents is 1. The zero-order chi connectivity index (χ0) is 27.7. The van der Waals surface area contributed by atoms with Gasteiger partial charge in [-0.05, 0) is 91.6 Å². The Morgan fingerprint density at radius 2 is 1.87 bits per heavy atom. The summed E-state index contributed by atoms with van der Waals surface area (Å²) in [5.41, 5.74) is 2.09. The Balaban J connectivity index is 1.58. The summed E-state index contributed by atoms with van der Waals surface area (Å²) in [6, 6.07) is 3.43. The number of methoxy groups -OCH3 is 1. The number of ether oxygens (including phenoxy) is 3. The number of hydrogen-bond donors (Lipinski definition) is 1. The molecule has 0 amide bonds. The fourth-order valence-corrected chi connectivity index (χ4v) is 5.48. The Hall–Kier alpha value is -3.45. The van der Waals surface area contributed by atoms with Crippen molar-refractivity contribution in [1.29, 1.82) is 0 Å². The Labute approximate surface area is 229 Å². The monoisotopic (exact) mass is 533 g/mol. The minimum atomic E-state index is -0.537. The van der Waals surface area contributed by atoms with Crippen molar-refractivity contribution in [2.75, 3.05) is 33.4 Å². The van der Waals surface area contributed by atoms with Crippen LogP contribution in [0.25, 0.3) is 28.0 Å². The molecule has 0 spiro atoms. The molecule has 0 saturated carbocycles. The van der Waals surface area contributed by atoms with E-state index in [0.29, 0.717) is 52.4 Å². The minimum absolute atomic E-state index is 0.130. The molecule has 2 aromatic carbocycles. The molecule has 208 valence electrons. The zero-order valence-corrected chi connectivity index (χ0v) is 23.7. The quantitative estimate of drug-likeness (QED) is 0.188. The molecule has 3 heterocycles. The second kappa shape index (κ2) is 11.0. The predicted molar refractivity (Wildman–Crippen MR) is 155 cm³/mol. The Bertz CT molecular complexity index is 1500. The molecule has 39 heavy (non-hydrogen) atoms. The summed E-state index contributed by atoms with van der Waals surface area (Å²) in [5, 5.41) is 11.7. The van der Waals surface area contributed by atoms with Crippen LogP contribution in [-0.2, 0) is 6.42 Å². The molecule has 1 fully saturated rings. The average Bonchev–Trinajstić information content (AvgIpc) is 3.39. The lowest BCUT2D eigenvalue weighted by atomic mass is 9.97. The number of allylic oxidation sites excluding steroid dienone is 2. The molecule has 0 radical (unpaired) electrons. The molecular weight excluding hydrogens is 494 g/mol. The van der Waals surface area contributed by atoms with Crippen LogP contribution in [-0.4, -0.2) is 49.0 Å². The summed E-state index contributed by atoms with van der Waals surface area (Å²) in [4.78, 5) is 16.5.